The molecule has 156 valence electrons. The maximum atomic E-state index is 13.1. The summed E-state index contributed by atoms with van der Waals surface area (Å²) in [5, 5.41) is 3.01. The second-order valence-corrected chi connectivity index (χ2v) is 11.8. The zero-order valence-electron chi connectivity index (χ0n) is 16.4. The van der Waals surface area contributed by atoms with Gasteiger partial charge in [-0.2, -0.15) is 0 Å². The first-order valence-corrected chi connectivity index (χ1v) is 12.9. The van der Waals surface area contributed by atoms with Gasteiger partial charge in [0, 0.05) is 13.2 Å². The number of benzene rings is 1. The van der Waals surface area contributed by atoms with E-state index in [4.69, 9.17) is 4.74 Å². The molecule has 7 nitrogen and oxygen atoms in total. The summed E-state index contributed by atoms with van der Waals surface area (Å²) in [6.07, 6.45) is 0.762. The monoisotopic (exact) mass is 446 g/mol. The van der Waals surface area contributed by atoms with Crippen molar-refractivity contribution < 1.29 is 21.6 Å². The number of hydrogen-bond acceptors (Lipinski definition) is 8. The fourth-order valence-electron chi connectivity index (χ4n) is 2.26. The minimum atomic E-state index is -3.95. The van der Waals surface area contributed by atoms with E-state index >= 15 is 0 Å². The Morgan fingerprint density at radius 3 is 2.36 bits per heavy atom. The highest BCUT2D eigenvalue weighted by Crippen LogP contribution is 2.35. The van der Waals surface area contributed by atoms with E-state index in [-0.39, 0.29) is 31.1 Å². The predicted molar refractivity (Wildman–Crippen MR) is 111 cm³/mol. The van der Waals surface area contributed by atoms with Crippen LogP contribution in [0.1, 0.15) is 32.8 Å². The van der Waals surface area contributed by atoms with E-state index in [1.165, 1.54) is 19.1 Å². The summed E-state index contributed by atoms with van der Waals surface area (Å²) in [5.74, 6) is -0.147. The van der Waals surface area contributed by atoms with Crippen molar-refractivity contribution in [2.24, 2.45) is 0 Å². The number of nitrogens with one attached hydrogen (secondary N) is 1. The van der Waals surface area contributed by atoms with E-state index in [9.17, 15) is 16.8 Å². The molecule has 0 saturated carbocycles. The van der Waals surface area contributed by atoms with Gasteiger partial charge < -0.3 is 10.1 Å². The molecule has 10 heteroatoms. The van der Waals surface area contributed by atoms with E-state index in [2.05, 4.69) is 10.3 Å². The van der Waals surface area contributed by atoms with Gasteiger partial charge in [-0.05, 0) is 39.3 Å². The number of nitrogens with zero attached hydrogens (tertiary/aromatic N) is 1. The average molecular weight is 447 g/mol. The number of hydrogen-bond donors (Lipinski definition) is 1. The van der Waals surface area contributed by atoms with Crippen molar-refractivity contribution in [3.8, 4) is 0 Å². The molecule has 1 aromatic heterocycles. The Labute approximate surface area is 171 Å². The lowest BCUT2D eigenvalue weighted by molar-refractivity contribution is 0.0787. The molecule has 2 rings (SSSR count). The first kappa shape index (κ1) is 22.8. The molecule has 1 heterocycles. The van der Waals surface area contributed by atoms with Crippen LogP contribution in [-0.4, -0.2) is 46.8 Å². The van der Waals surface area contributed by atoms with Crippen molar-refractivity contribution >= 4 is 36.0 Å². The quantitative estimate of drug-likeness (QED) is 0.559. The smallest absolute Gasteiger partial charge is 0.226 e. The summed E-state index contributed by atoms with van der Waals surface area (Å²) in [6, 6.07) is 6.38. The fourth-order valence-corrected chi connectivity index (χ4v) is 6.28. The number of aromatic nitrogens is 1. The van der Waals surface area contributed by atoms with Crippen molar-refractivity contribution in [1.82, 2.24) is 4.98 Å². The van der Waals surface area contributed by atoms with E-state index in [1.807, 2.05) is 20.8 Å². The van der Waals surface area contributed by atoms with Crippen LogP contribution in [0.5, 0.6) is 0 Å². The number of thiazole rings is 1. The first-order chi connectivity index (χ1) is 13.1. The van der Waals surface area contributed by atoms with Crippen LogP contribution in [0, 0.1) is 6.92 Å². The van der Waals surface area contributed by atoms with Crippen molar-refractivity contribution in [1.29, 1.82) is 0 Å². The van der Waals surface area contributed by atoms with Gasteiger partial charge in [0.15, 0.2) is 5.03 Å². The zero-order chi connectivity index (χ0) is 20.9. The van der Waals surface area contributed by atoms with Crippen LogP contribution in [0.2, 0.25) is 0 Å². The van der Waals surface area contributed by atoms with E-state index < -0.39 is 19.7 Å². The minimum absolute atomic E-state index is 0.0787. The van der Waals surface area contributed by atoms with Gasteiger partial charge in [-0.25, -0.2) is 21.8 Å². The SMILES string of the molecule is CCS(=O)(=O)c1nc(S(=O)(=O)c2ccc(C)cc2)c(NCCCOC(C)C)s1. The van der Waals surface area contributed by atoms with Gasteiger partial charge in [-0.3, -0.25) is 0 Å². The highest BCUT2D eigenvalue weighted by molar-refractivity contribution is 7.94. The van der Waals surface area contributed by atoms with Crippen molar-refractivity contribution in [3.05, 3.63) is 29.8 Å². The molecule has 0 atom stereocenters. The Kier molecular flexibility index (Phi) is 7.60. The second kappa shape index (κ2) is 9.34. The van der Waals surface area contributed by atoms with E-state index in [0.717, 1.165) is 16.9 Å². The van der Waals surface area contributed by atoms with Crippen LogP contribution < -0.4 is 5.32 Å². The van der Waals surface area contributed by atoms with Crippen LogP contribution >= 0.6 is 11.3 Å². The summed E-state index contributed by atoms with van der Waals surface area (Å²) >= 11 is 0.850. The molecule has 0 aliphatic rings. The number of sulfone groups is 2. The third kappa shape index (κ3) is 5.53. The van der Waals surface area contributed by atoms with Gasteiger partial charge >= 0.3 is 0 Å². The van der Waals surface area contributed by atoms with Crippen LogP contribution in [0.4, 0.5) is 5.00 Å². The van der Waals surface area contributed by atoms with Gasteiger partial charge in [-0.15, -0.1) is 0 Å². The maximum Gasteiger partial charge on any atom is 0.226 e. The molecule has 0 unspecified atom stereocenters. The van der Waals surface area contributed by atoms with Gasteiger partial charge in [-0.1, -0.05) is 36.0 Å². The topological polar surface area (TPSA) is 102 Å². The summed E-state index contributed by atoms with van der Waals surface area (Å²) in [7, 11) is -7.57. The Balaban J connectivity index is 2.36. The summed E-state index contributed by atoms with van der Waals surface area (Å²) in [6.45, 7) is 8.19. The molecule has 2 aromatic rings. The lowest BCUT2D eigenvalue weighted by atomic mass is 10.2. The molecular formula is C18H26N2O5S3. The highest BCUT2D eigenvalue weighted by Gasteiger charge is 2.29. The Morgan fingerprint density at radius 1 is 1.14 bits per heavy atom. The predicted octanol–water partition coefficient (Wildman–Crippen LogP) is 3.30. The van der Waals surface area contributed by atoms with Crippen LogP contribution in [0.3, 0.4) is 0 Å². The first-order valence-electron chi connectivity index (χ1n) is 8.98. The van der Waals surface area contributed by atoms with Crippen molar-refractivity contribution in [3.63, 3.8) is 0 Å². The summed E-state index contributed by atoms with van der Waals surface area (Å²) in [4.78, 5) is 4.08. The molecule has 0 aliphatic heterocycles. The molecule has 1 N–H and O–H groups in total. The molecule has 0 aliphatic carbocycles. The minimum Gasteiger partial charge on any atom is -0.379 e. The molecule has 28 heavy (non-hydrogen) atoms. The van der Waals surface area contributed by atoms with Gasteiger partial charge in [0.2, 0.25) is 24.0 Å². The third-order valence-corrected chi connectivity index (χ3v) is 8.90. The Morgan fingerprint density at radius 2 is 1.79 bits per heavy atom. The van der Waals surface area contributed by atoms with E-state index in [0.29, 0.717) is 19.6 Å². The van der Waals surface area contributed by atoms with Crippen LogP contribution in [0.15, 0.2) is 38.5 Å². The molecule has 0 radical (unpaired) electrons. The van der Waals surface area contributed by atoms with E-state index in [1.54, 1.807) is 12.1 Å². The molecular weight excluding hydrogens is 420 g/mol. The summed E-state index contributed by atoms with van der Waals surface area (Å²) in [5.41, 5.74) is 0.926. The van der Waals surface area contributed by atoms with Gasteiger partial charge in [0.1, 0.15) is 5.00 Å². The maximum absolute atomic E-state index is 13.1. The second-order valence-electron chi connectivity index (χ2n) is 6.53. The number of ether oxygens (including phenoxy) is 1. The average Bonchev–Trinajstić information content (AvgIpc) is 3.07. The number of anilines is 1. The van der Waals surface area contributed by atoms with Gasteiger partial charge in [0.25, 0.3) is 0 Å². The number of aryl methyl sites for hydroxylation is 1. The largest absolute Gasteiger partial charge is 0.379 e. The van der Waals surface area contributed by atoms with Crippen molar-refractivity contribution in [2.75, 3.05) is 24.2 Å². The lowest BCUT2D eigenvalue weighted by Crippen LogP contribution is -2.11. The zero-order valence-corrected chi connectivity index (χ0v) is 18.9. The summed E-state index contributed by atoms with van der Waals surface area (Å²) < 4.78 is 55.9. The van der Waals surface area contributed by atoms with Crippen LogP contribution in [-0.2, 0) is 24.4 Å². The molecule has 0 bridgehead atoms. The number of rotatable bonds is 10. The fraction of sp³-hybridized carbons (Fsp3) is 0.500. The van der Waals surface area contributed by atoms with Crippen LogP contribution in [0.25, 0.3) is 0 Å². The molecule has 0 amide bonds. The van der Waals surface area contributed by atoms with Gasteiger partial charge in [0.05, 0.1) is 16.8 Å². The van der Waals surface area contributed by atoms with Crippen molar-refractivity contribution in [2.45, 2.75) is 54.5 Å². The normalized spacial score (nSPS) is 12.5. The Hall–Kier alpha value is -1.49. The molecule has 0 saturated heterocycles. The standard InChI is InChI=1S/C18H26N2O5S3/c1-5-27(21,22)18-20-17(16(26-18)19-11-6-12-25-13(2)3)28(23,24)15-9-7-14(4)8-10-15/h7-10,13,19H,5-6,11-12H2,1-4H3. The molecule has 0 fully saturated rings. The third-order valence-electron chi connectivity index (χ3n) is 3.87. The highest BCUT2D eigenvalue weighted by atomic mass is 32.2. The molecule has 1 aromatic carbocycles. The lowest BCUT2D eigenvalue weighted by Gasteiger charge is -2.09. The molecule has 0 spiro atoms. The Bertz CT molecular complexity index is 994.